The summed E-state index contributed by atoms with van der Waals surface area (Å²) in [7, 11) is 0. The molecule has 19 heavy (non-hydrogen) atoms. The Bertz CT molecular complexity index is 784. The molecule has 0 fully saturated rings. The summed E-state index contributed by atoms with van der Waals surface area (Å²) in [5.74, 6) is -0.979. The van der Waals surface area contributed by atoms with Crippen molar-refractivity contribution in [3.8, 4) is 5.82 Å². The summed E-state index contributed by atoms with van der Waals surface area (Å²) < 4.78 is 2.30. The number of aromatic carboxylic acids is 1. The number of hydrogen-bond donors (Lipinski definition) is 1. The van der Waals surface area contributed by atoms with Crippen molar-refractivity contribution >= 4 is 32.8 Å². The van der Waals surface area contributed by atoms with Gasteiger partial charge in [0, 0.05) is 11.6 Å². The zero-order chi connectivity index (χ0) is 13.4. The van der Waals surface area contributed by atoms with Gasteiger partial charge in [-0.1, -0.05) is 12.1 Å². The zero-order valence-electron chi connectivity index (χ0n) is 9.49. The lowest BCUT2D eigenvalue weighted by atomic mass is 10.2. The molecule has 0 saturated heterocycles. The van der Waals surface area contributed by atoms with Gasteiger partial charge >= 0.3 is 5.97 Å². The lowest BCUT2D eigenvalue weighted by Gasteiger charge is -2.06. The number of para-hydroxylation sites is 1. The number of hydrogen-bond acceptors (Lipinski definition) is 4. The fraction of sp³-hybridized carbons (Fsp3) is 0. The normalized spacial score (nSPS) is 10.8. The molecule has 2 heterocycles. The number of benzene rings is 1. The Balaban J connectivity index is 2.35. The van der Waals surface area contributed by atoms with E-state index in [0.29, 0.717) is 11.3 Å². The van der Waals surface area contributed by atoms with Gasteiger partial charge in [0.25, 0.3) is 0 Å². The van der Waals surface area contributed by atoms with Crippen LogP contribution in [0.2, 0.25) is 0 Å². The lowest BCUT2D eigenvalue weighted by molar-refractivity contribution is 0.0684. The first kappa shape index (κ1) is 11.8. The maximum Gasteiger partial charge on any atom is 0.374 e. The number of aromatic nitrogens is 4. The molecule has 7 heteroatoms. The molecule has 2 aromatic heterocycles. The second kappa shape index (κ2) is 4.43. The van der Waals surface area contributed by atoms with Crippen LogP contribution in [0.15, 0.2) is 41.1 Å². The van der Waals surface area contributed by atoms with E-state index < -0.39 is 5.97 Å². The summed E-state index contributed by atoms with van der Waals surface area (Å²) in [5, 5.41) is 13.9. The van der Waals surface area contributed by atoms with E-state index in [1.807, 2.05) is 12.1 Å². The number of carboxylic acid groups (broad SMARTS) is 1. The molecule has 0 amide bonds. The quantitative estimate of drug-likeness (QED) is 0.784. The van der Waals surface area contributed by atoms with E-state index in [0.717, 1.165) is 9.86 Å². The molecule has 0 saturated carbocycles. The summed E-state index contributed by atoms with van der Waals surface area (Å²) in [6.45, 7) is 0. The van der Waals surface area contributed by atoms with Gasteiger partial charge in [0.1, 0.15) is 0 Å². The monoisotopic (exact) mass is 318 g/mol. The van der Waals surface area contributed by atoms with Crippen molar-refractivity contribution in [3.05, 3.63) is 47.0 Å². The molecule has 0 aliphatic rings. The largest absolute Gasteiger partial charge is 0.475 e. The van der Waals surface area contributed by atoms with E-state index in [1.54, 1.807) is 24.5 Å². The van der Waals surface area contributed by atoms with Crippen molar-refractivity contribution in [2.24, 2.45) is 0 Å². The third kappa shape index (κ3) is 2.08. The second-order valence-electron chi connectivity index (χ2n) is 3.80. The number of halogens is 1. The number of fused-ring (bicyclic) bond motifs is 1. The van der Waals surface area contributed by atoms with Crippen molar-refractivity contribution in [3.63, 3.8) is 0 Å². The van der Waals surface area contributed by atoms with E-state index in [9.17, 15) is 4.79 Å². The van der Waals surface area contributed by atoms with Crippen LogP contribution >= 0.6 is 15.9 Å². The molecule has 0 aliphatic carbocycles. The first-order chi connectivity index (χ1) is 9.15. The predicted molar refractivity (Wildman–Crippen MR) is 71.3 cm³/mol. The van der Waals surface area contributed by atoms with E-state index in [-0.39, 0.29) is 5.82 Å². The smallest absolute Gasteiger partial charge is 0.374 e. The molecule has 94 valence electrons. The van der Waals surface area contributed by atoms with Crippen molar-refractivity contribution in [2.75, 3.05) is 0 Å². The van der Waals surface area contributed by atoms with Gasteiger partial charge in [-0.3, -0.25) is 0 Å². The van der Waals surface area contributed by atoms with Gasteiger partial charge in [0.05, 0.1) is 16.2 Å². The summed E-state index contributed by atoms with van der Waals surface area (Å²) in [6.07, 6.45) is 3.32. The minimum atomic E-state index is -1.17. The number of rotatable bonds is 2. The van der Waals surface area contributed by atoms with E-state index in [2.05, 4.69) is 31.0 Å². The Morgan fingerprint density at radius 1 is 1.26 bits per heavy atom. The fourth-order valence-electron chi connectivity index (χ4n) is 1.75. The zero-order valence-corrected chi connectivity index (χ0v) is 11.1. The molecule has 3 rings (SSSR count). The SMILES string of the molecule is O=C(O)c1nc(-n2cc(Br)cn2)c2ccccc2n1. The molecular weight excluding hydrogens is 312 g/mol. The fourth-order valence-corrected chi connectivity index (χ4v) is 2.03. The molecule has 1 N–H and O–H groups in total. The standard InChI is InChI=1S/C12H7BrN4O2/c13-7-5-14-17(6-7)11-8-3-1-2-4-9(8)15-10(16-11)12(18)19/h1-6H,(H,18,19). The Kier molecular flexibility index (Phi) is 2.75. The maximum atomic E-state index is 11.1. The number of carbonyl (C=O) groups is 1. The molecule has 0 atom stereocenters. The van der Waals surface area contributed by atoms with Gasteiger partial charge in [0.15, 0.2) is 5.82 Å². The first-order valence-corrected chi connectivity index (χ1v) is 6.15. The Hall–Kier alpha value is -2.28. The van der Waals surface area contributed by atoms with E-state index in [1.165, 1.54) is 4.68 Å². The minimum Gasteiger partial charge on any atom is -0.475 e. The highest BCUT2D eigenvalue weighted by atomic mass is 79.9. The van der Waals surface area contributed by atoms with Gasteiger partial charge in [-0.25, -0.2) is 19.4 Å². The van der Waals surface area contributed by atoms with Gasteiger partial charge in [-0.15, -0.1) is 0 Å². The highest BCUT2D eigenvalue weighted by molar-refractivity contribution is 9.10. The molecule has 6 nitrogen and oxygen atoms in total. The van der Waals surface area contributed by atoms with Crippen LogP contribution in [0.4, 0.5) is 0 Å². The highest BCUT2D eigenvalue weighted by Crippen LogP contribution is 2.20. The Morgan fingerprint density at radius 2 is 2.05 bits per heavy atom. The lowest BCUT2D eigenvalue weighted by Crippen LogP contribution is -2.09. The van der Waals surface area contributed by atoms with Gasteiger partial charge in [-0.05, 0) is 28.1 Å². The van der Waals surface area contributed by atoms with Crippen molar-refractivity contribution in [1.29, 1.82) is 0 Å². The first-order valence-electron chi connectivity index (χ1n) is 5.36. The second-order valence-corrected chi connectivity index (χ2v) is 4.71. The molecule has 1 aromatic carbocycles. The molecule has 0 unspecified atom stereocenters. The third-order valence-electron chi connectivity index (χ3n) is 2.54. The van der Waals surface area contributed by atoms with E-state index >= 15 is 0 Å². The summed E-state index contributed by atoms with van der Waals surface area (Å²) in [6, 6.07) is 7.20. The summed E-state index contributed by atoms with van der Waals surface area (Å²) >= 11 is 3.30. The number of carboxylic acids is 1. The highest BCUT2D eigenvalue weighted by Gasteiger charge is 2.14. The van der Waals surface area contributed by atoms with Crippen molar-refractivity contribution in [2.45, 2.75) is 0 Å². The Labute approximate surface area is 115 Å². The molecule has 0 bridgehead atoms. The topological polar surface area (TPSA) is 80.9 Å². The minimum absolute atomic E-state index is 0.250. The van der Waals surface area contributed by atoms with Crippen LogP contribution < -0.4 is 0 Å². The van der Waals surface area contributed by atoms with Crippen molar-refractivity contribution < 1.29 is 9.90 Å². The van der Waals surface area contributed by atoms with Crippen molar-refractivity contribution in [1.82, 2.24) is 19.7 Å². The number of nitrogens with zero attached hydrogens (tertiary/aromatic N) is 4. The van der Waals surface area contributed by atoms with Gasteiger partial charge in [0.2, 0.25) is 5.82 Å². The summed E-state index contributed by atoms with van der Waals surface area (Å²) in [5.41, 5.74) is 0.566. The predicted octanol–water partition coefficient (Wildman–Crippen LogP) is 2.28. The maximum absolute atomic E-state index is 11.1. The molecular formula is C12H7BrN4O2. The van der Waals surface area contributed by atoms with Gasteiger partial charge in [-0.2, -0.15) is 5.10 Å². The van der Waals surface area contributed by atoms with Crippen LogP contribution in [0, 0.1) is 0 Å². The molecule has 0 radical (unpaired) electrons. The third-order valence-corrected chi connectivity index (χ3v) is 2.95. The van der Waals surface area contributed by atoms with Gasteiger partial charge < -0.3 is 5.11 Å². The van der Waals surface area contributed by atoms with Crippen LogP contribution in [-0.2, 0) is 0 Å². The molecule has 0 aliphatic heterocycles. The Morgan fingerprint density at radius 3 is 2.74 bits per heavy atom. The van der Waals surface area contributed by atoms with Crippen LogP contribution in [0.25, 0.3) is 16.7 Å². The van der Waals surface area contributed by atoms with E-state index in [4.69, 9.17) is 5.11 Å². The van der Waals surface area contributed by atoms with Crippen LogP contribution in [0.5, 0.6) is 0 Å². The average Bonchev–Trinajstić information content (AvgIpc) is 2.84. The molecule has 0 spiro atoms. The molecule has 3 aromatic rings. The summed E-state index contributed by atoms with van der Waals surface area (Å²) in [4.78, 5) is 19.1. The van der Waals surface area contributed by atoms with Crippen LogP contribution in [0.3, 0.4) is 0 Å². The average molecular weight is 319 g/mol. The van der Waals surface area contributed by atoms with Crippen LogP contribution in [0.1, 0.15) is 10.6 Å². The van der Waals surface area contributed by atoms with Crippen LogP contribution in [-0.4, -0.2) is 30.8 Å².